The van der Waals surface area contributed by atoms with Gasteiger partial charge in [-0.3, -0.25) is 4.79 Å². The van der Waals surface area contributed by atoms with Gasteiger partial charge >= 0.3 is 5.97 Å². The summed E-state index contributed by atoms with van der Waals surface area (Å²) >= 11 is 0. The molecule has 1 heterocycles. The van der Waals surface area contributed by atoms with Crippen LogP contribution >= 0.6 is 0 Å². The molecule has 1 saturated heterocycles. The zero-order chi connectivity index (χ0) is 10.6. The van der Waals surface area contributed by atoms with Crippen LogP contribution in [0, 0.1) is 5.41 Å². The van der Waals surface area contributed by atoms with Crippen molar-refractivity contribution < 1.29 is 9.53 Å². The van der Waals surface area contributed by atoms with Crippen molar-refractivity contribution in [1.29, 1.82) is 0 Å². The number of nitrogens with zero attached hydrogens (tertiary/aromatic N) is 1. The highest BCUT2D eigenvalue weighted by atomic mass is 16.5. The molecule has 1 atom stereocenters. The van der Waals surface area contributed by atoms with Crippen LogP contribution in [0.15, 0.2) is 0 Å². The topological polar surface area (TPSA) is 29.5 Å². The summed E-state index contributed by atoms with van der Waals surface area (Å²) < 4.78 is 5.16. The van der Waals surface area contributed by atoms with E-state index in [0.717, 1.165) is 32.4 Å². The van der Waals surface area contributed by atoms with Crippen LogP contribution in [0.5, 0.6) is 0 Å². The van der Waals surface area contributed by atoms with E-state index in [9.17, 15) is 4.79 Å². The van der Waals surface area contributed by atoms with Crippen molar-refractivity contribution in [2.45, 2.75) is 33.1 Å². The number of ether oxygens (including phenoxy) is 1. The number of hydrogen-bond donors (Lipinski definition) is 0. The number of esters is 1. The summed E-state index contributed by atoms with van der Waals surface area (Å²) in [6.45, 7) is 6.36. The Morgan fingerprint density at radius 1 is 1.50 bits per heavy atom. The van der Waals surface area contributed by atoms with Crippen LogP contribution in [0.4, 0.5) is 0 Å². The zero-order valence-electron chi connectivity index (χ0n) is 9.51. The Kier molecular flexibility index (Phi) is 3.93. The molecule has 1 aliphatic rings. The summed E-state index contributed by atoms with van der Waals surface area (Å²) in [6.07, 6.45) is 2.96. The quantitative estimate of drug-likeness (QED) is 0.645. The van der Waals surface area contributed by atoms with Crippen LogP contribution in [0.3, 0.4) is 0 Å². The second-order valence-corrected chi connectivity index (χ2v) is 4.24. The van der Waals surface area contributed by atoms with Crippen molar-refractivity contribution in [3.05, 3.63) is 0 Å². The molecule has 0 aliphatic carbocycles. The van der Waals surface area contributed by atoms with Gasteiger partial charge in [0.2, 0.25) is 0 Å². The van der Waals surface area contributed by atoms with Gasteiger partial charge in [0.05, 0.1) is 12.0 Å². The first kappa shape index (κ1) is 11.5. The van der Waals surface area contributed by atoms with E-state index in [1.54, 1.807) is 0 Å². The van der Waals surface area contributed by atoms with Gasteiger partial charge in [-0.15, -0.1) is 0 Å². The normalized spacial score (nSPS) is 27.9. The minimum Gasteiger partial charge on any atom is -0.466 e. The molecule has 0 amide bonds. The molecular weight excluding hydrogens is 178 g/mol. The van der Waals surface area contributed by atoms with Crippen molar-refractivity contribution in [3.8, 4) is 0 Å². The second-order valence-electron chi connectivity index (χ2n) is 4.24. The lowest BCUT2D eigenvalue weighted by atomic mass is 9.82. The van der Waals surface area contributed by atoms with Crippen molar-refractivity contribution in [2.75, 3.05) is 26.7 Å². The summed E-state index contributed by atoms with van der Waals surface area (Å²) in [5, 5.41) is 0. The van der Waals surface area contributed by atoms with E-state index in [1.807, 2.05) is 6.92 Å². The fourth-order valence-electron chi connectivity index (χ4n) is 2.32. The van der Waals surface area contributed by atoms with Gasteiger partial charge in [-0.1, -0.05) is 13.3 Å². The zero-order valence-corrected chi connectivity index (χ0v) is 9.51. The van der Waals surface area contributed by atoms with Crippen LogP contribution in [0.2, 0.25) is 0 Å². The van der Waals surface area contributed by atoms with E-state index in [0.29, 0.717) is 6.61 Å². The van der Waals surface area contributed by atoms with Crippen molar-refractivity contribution >= 4 is 5.97 Å². The fourth-order valence-corrected chi connectivity index (χ4v) is 2.32. The lowest BCUT2D eigenvalue weighted by Crippen LogP contribution is -2.35. The molecule has 3 nitrogen and oxygen atoms in total. The first-order chi connectivity index (χ1) is 6.64. The van der Waals surface area contributed by atoms with E-state index in [4.69, 9.17) is 4.74 Å². The summed E-state index contributed by atoms with van der Waals surface area (Å²) in [5.41, 5.74) is -0.209. The highest BCUT2D eigenvalue weighted by Crippen LogP contribution is 2.35. The van der Waals surface area contributed by atoms with Crippen LogP contribution in [0.1, 0.15) is 33.1 Å². The van der Waals surface area contributed by atoms with Gasteiger partial charge in [-0.2, -0.15) is 0 Å². The molecule has 0 bridgehead atoms. The predicted molar refractivity (Wildman–Crippen MR) is 56.1 cm³/mol. The smallest absolute Gasteiger partial charge is 0.313 e. The van der Waals surface area contributed by atoms with Crippen molar-refractivity contribution in [2.24, 2.45) is 5.41 Å². The first-order valence-electron chi connectivity index (χ1n) is 5.50. The predicted octanol–water partition coefficient (Wildman–Crippen LogP) is 1.67. The van der Waals surface area contributed by atoms with E-state index < -0.39 is 0 Å². The number of carbonyl (C=O) groups is 1. The van der Waals surface area contributed by atoms with Gasteiger partial charge < -0.3 is 9.64 Å². The van der Waals surface area contributed by atoms with Crippen molar-refractivity contribution in [3.63, 3.8) is 0 Å². The molecule has 1 rings (SSSR count). The van der Waals surface area contributed by atoms with E-state index in [2.05, 4.69) is 18.9 Å². The van der Waals surface area contributed by atoms with Crippen molar-refractivity contribution in [1.82, 2.24) is 4.90 Å². The molecule has 1 unspecified atom stereocenters. The standard InChI is InChI=1S/C11H21NO2/c1-4-6-11(10(13)14-5-2)7-8-12(3)9-11/h4-9H2,1-3H3. The Morgan fingerprint density at radius 3 is 2.64 bits per heavy atom. The molecule has 0 spiro atoms. The molecular formula is C11H21NO2. The van der Waals surface area contributed by atoms with Gasteiger partial charge in [0.25, 0.3) is 0 Å². The van der Waals surface area contributed by atoms with Gasteiger partial charge in [-0.25, -0.2) is 0 Å². The average Bonchev–Trinajstić information content (AvgIpc) is 2.50. The average molecular weight is 199 g/mol. The second kappa shape index (κ2) is 4.78. The summed E-state index contributed by atoms with van der Waals surface area (Å²) in [4.78, 5) is 14.1. The minimum absolute atomic E-state index is 0.00574. The Hall–Kier alpha value is -0.570. The molecule has 3 heteroatoms. The van der Waals surface area contributed by atoms with E-state index in [-0.39, 0.29) is 11.4 Å². The monoisotopic (exact) mass is 199 g/mol. The van der Waals surface area contributed by atoms with Gasteiger partial charge in [0, 0.05) is 6.54 Å². The van der Waals surface area contributed by atoms with Crippen LogP contribution in [0.25, 0.3) is 0 Å². The highest BCUT2D eigenvalue weighted by molar-refractivity contribution is 5.77. The third kappa shape index (κ3) is 2.27. The lowest BCUT2D eigenvalue weighted by Gasteiger charge is -2.25. The van der Waals surface area contributed by atoms with Gasteiger partial charge in [0.15, 0.2) is 0 Å². The van der Waals surface area contributed by atoms with Crippen LogP contribution in [-0.4, -0.2) is 37.6 Å². The molecule has 0 radical (unpaired) electrons. The molecule has 0 N–H and O–H groups in total. The molecule has 82 valence electrons. The Balaban J connectivity index is 2.67. The SMILES string of the molecule is CCCC1(C(=O)OCC)CCN(C)C1. The Bertz CT molecular complexity index is 201. The number of hydrogen-bond acceptors (Lipinski definition) is 3. The molecule has 0 aromatic carbocycles. The number of carbonyl (C=O) groups excluding carboxylic acids is 1. The molecule has 0 aromatic rings. The largest absolute Gasteiger partial charge is 0.466 e. The fraction of sp³-hybridized carbons (Fsp3) is 0.909. The maximum atomic E-state index is 11.9. The third-order valence-corrected chi connectivity index (χ3v) is 2.98. The molecule has 1 aliphatic heterocycles. The van der Waals surface area contributed by atoms with Crippen LogP contribution in [-0.2, 0) is 9.53 Å². The summed E-state index contributed by atoms with van der Waals surface area (Å²) in [6, 6.07) is 0. The summed E-state index contributed by atoms with van der Waals surface area (Å²) in [5.74, 6) is 0.00574. The minimum atomic E-state index is -0.209. The Labute approximate surface area is 86.4 Å². The van der Waals surface area contributed by atoms with E-state index in [1.165, 1.54) is 0 Å². The van der Waals surface area contributed by atoms with E-state index >= 15 is 0 Å². The van der Waals surface area contributed by atoms with Crippen LogP contribution < -0.4 is 0 Å². The Morgan fingerprint density at radius 2 is 2.21 bits per heavy atom. The van der Waals surface area contributed by atoms with Gasteiger partial charge in [-0.05, 0) is 33.4 Å². The number of likely N-dealkylation sites (tertiary alicyclic amines) is 1. The third-order valence-electron chi connectivity index (χ3n) is 2.98. The maximum absolute atomic E-state index is 11.9. The molecule has 1 fully saturated rings. The lowest BCUT2D eigenvalue weighted by molar-refractivity contribution is -0.155. The van der Waals surface area contributed by atoms with Gasteiger partial charge in [0.1, 0.15) is 0 Å². The molecule has 0 aromatic heterocycles. The highest BCUT2D eigenvalue weighted by Gasteiger charge is 2.43. The first-order valence-corrected chi connectivity index (χ1v) is 5.50. The summed E-state index contributed by atoms with van der Waals surface area (Å²) in [7, 11) is 2.07. The number of rotatable bonds is 4. The molecule has 14 heavy (non-hydrogen) atoms. The molecule has 0 saturated carbocycles. The maximum Gasteiger partial charge on any atom is 0.313 e.